The van der Waals surface area contributed by atoms with E-state index < -0.39 is 47.9 Å². The maximum absolute atomic E-state index is 13.3. The van der Waals surface area contributed by atoms with Gasteiger partial charge >= 0.3 is 5.97 Å². The van der Waals surface area contributed by atoms with E-state index in [1.54, 1.807) is 4.90 Å². The Kier molecular flexibility index (Phi) is 7.34. The van der Waals surface area contributed by atoms with Gasteiger partial charge in [0.25, 0.3) is 0 Å². The van der Waals surface area contributed by atoms with Gasteiger partial charge in [-0.3, -0.25) is 4.79 Å². The number of hydrogen-bond donors (Lipinski definition) is 5. The van der Waals surface area contributed by atoms with Gasteiger partial charge in [0.05, 0.1) is 12.7 Å². The fourth-order valence-corrected chi connectivity index (χ4v) is 7.16. The van der Waals surface area contributed by atoms with E-state index in [1.165, 1.54) is 19.2 Å². The number of H-pyrrole nitrogens is 1. The maximum atomic E-state index is 13.3. The molecule has 1 unspecified atom stereocenters. The number of nitrogens with zero attached hydrogens (tertiary/aromatic N) is 4. The van der Waals surface area contributed by atoms with Gasteiger partial charge in [-0.1, -0.05) is 0 Å². The Balaban J connectivity index is 1.84. The van der Waals surface area contributed by atoms with Gasteiger partial charge in [-0.25, -0.2) is 26.7 Å². The van der Waals surface area contributed by atoms with E-state index in [4.69, 9.17) is 9.88 Å². The maximum Gasteiger partial charge on any atom is 0.322 e. The third-order valence-corrected chi connectivity index (χ3v) is 8.60. The Bertz CT molecular complexity index is 1280. The summed E-state index contributed by atoms with van der Waals surface area (Å²) >= 11 is 0. The van der Waals surface area contributed by atoms with Crippen molar-refractivity contribution in [2.75, 3.05) is 44.7 Å². The van der Waals surface area contributed by atoms with E-state index in [0.717, 1.165) is 0 Å². The molecule has 17 heteroatoms. The molecule has 1 aromatic carbocycles. The average molecular weight is 530 g/mol. The van der Waals surface area contributed by atoms with Gasteiger partial charge in [-0.05, 0) is 36.7 Å². The first-order chi connectivity index (χ1) is 16.6. The highest BCUT2D eigenvalue weighted by Gasteiger charge is 2.35. The lowest BCUT2D eigenvalue weighted by atomic mass is 10.1. The van der Waals surface area contributed by atoms with Gasteiger partial charge in [0.15, 0.2) is 0 Å². The minimum atomic E-state index is -4.58. The van der Waals surface area contributed by atoms with Crippen molar-refractivity contribution in [2.45, 2.75) is 34.7 Å². The molecule has 2 aromatic rings. The smallest absolute Gasteiger partial charge is 0.322 e. The predicted octanol–water partition coefficient (Wildman–Crippen LogP) is -2.50. The number of ether oxygens (including phenoxy) is 1. The number of nitrogens with one attached hydrogen (secondary N) is 4. The van der Waals surface area contributed by atoms with Crippen molar-refractivity contribution in [3.63, 3.8) is 0 Å². The zero-order valence-corrected chi connectivity index (χ0v) is 20.5. The van der Waals surface area contributed by atoms with E-state index in [-0.39, 0.29) is 11.4 Å². The lowest BCUT2D eigenvalue weighted by Crippen LogP contribution is -2.37. The number of methoxy groups -OCH3 is 1. The Morgan fingerprint density at radius 3 is 2.63 bits per heavy atom. The predicted molar refractivity (Wildman–Crippen MR) is 123 cm³/mol. The molecular formula is C18H27N9O6S2. The number of benzene rings is 1. The standard InChI is InChI=1S/C18H27N9O6S2/c1-33-18(28)12-5-8-27(9-7-21-12)13-2-3-14(35(31,32)24-11-4-6-20-10-11)16(34(19,29)30)15(13)17-22-25-26-23-17/h2-3,11-12,20-21,24H,4-10H2,1H3,(H2,19,29,30)(H,22,23,25,26)/t11-,12?/m1/s1. The number of aromatic nitrogens is 4. The molecule has 3 heterocycles. The molecule has 0 radical (unpaired) electrons. The highest BCUT2D eigenvalue weighted by molar-refractivity contribution is 7.92. The van der Waals surface area contributed by atoms with Crippen LogP contribution >= 0.6 is 0 Å². The Hall–Kier alpha value is -2.70. The van der Waals surface area contributed by atoms with Crippen molar-refractivity contribution in [3.05, 3.63) is 12.1 Å². The second-order valence-corrected chi connectivity index (χ2v) is 11.4. The van der Waals surface area contributed by atoms with E-state index in [9.17, 15) is 21.6 Å². The minimum Gasteiger partial charge on any atom is -0.468 e. The summed E-state index contributed by atoms with van der Waals surface area (Å²) < 4.78 is 59.6. The first-order valence-corrected chi connectivity index (χ1v) is 13.9. The van der Waals surface area contributed by atoms with Crippen LogP contribution in [0.1, 0.15) is 12.8 Å². The summed E-state index contributed by atoms with van der Waals surface area (Å²) in [6.45, 7) is 2.15. The van der Waals surface area contributed by atoms with Crippen LogP contribution in [0.25, 0.3) is 11.4 Å². The van der Waals surface area contributed by atoms with Crippen molar-refractivity contribution in [1.82, 2.24) is 36.0 Å². The van der Waals surface area contributed by atoms with E-state index in [0.29, 0.717) is 51.3 Å². The molecular weight excluding hydrogens is 502 g/mol. The molecule has 2 atom stereocenters. The van der Waals surface area contributed by atoms with Crippen LogP contribution in [0, 0.1) is 0 Å². The van der Waals surface area contributed by atoms with Gasteiger partial charge in [-0.2, -0.15) is 5.21 Å². The molecule has 0 spiro atoms. The van der Waals surface area contributed by atoms with Crippen LogP contribution in [0.5, 0.6) is 0 Å². The quantitative estimate of drug-likeness (QED) is 0.235. The number of carbonyl (C=O) groups excluding carboxylic acids is 1. The second-order valence-electron chi connectivity index (χ2n) is 8.18. The van der Waals surface area contributed by atoms with Gasteiger partial charge in [0.1, 0.15) is 15.8 Å². The number of sulfonamides is 2. The summed E-state index contributed by atoms with van der Waals surface area (Å²) in [5.41, 5.74) is 0.245. The average Bonchev–Trinajstić information content (AvgIpc) is 3.47. The summed E-state index contributed by atoms with van der Waals surface area (Å²) in [6.07, 6.45) is 0.918. The van der Waals surface area contributed by atoms with Crippen molar-refractivity contribution in [2.24, 2.45) is 5.14 Å². The summed E-state index contributed by atoms with van der Waals surface area (Å²) in [7, 11) is -7.55. The summed E-state index contributed by atoms with van der Waals surface area (Å²) in [5, 5.41) is 25.3. The van der Waals surface area contributed by atoms with Crippen molar-refractivity contribution in [1.29, 1.82) is 0 Å². The number of nitrogens with two attached hydrogens (primary N) is 1. The minimum absolute atomic E-state index is 0.0924. The Morgan fingerprint density at radius 1 is 1.20 bits per heavy atom. The summed E-state index contributed by atoms with van der Waals surface area (Å²) in [6, 6.07) is 1.76. The number of primary sulfonamides is 1. The molecule has 2 saturated heterocycles. The molecule has 15 nitrogen and oxygen atoms in total. The second kappa shape index (κ2) is 10.1. The van der Waals surface area contributed by atoms with Gasteiger partial charge in [0, 0.05) is 37.9 Å². The number of tetrazole rings is 1. The molecule has 6 N–H and O–H groups in total. The number of hydrogen-bond acceptors (Lipinski definition) is 12. The molecule has 0 bridgehead atoms. The Labute approximate surface area is 202 Å². The van der Waals surface area contributed by atoms with Crippen LogP contribution in [0.4, 0.5) is 5.69 Å². The zero-order chi connectivity index (χ0) is 25.2. The van der Waals surface area contributed by atoms with Gasteiger partial charge < -0.3 is 20.3 Å². The third kappa shape index (κ3) is 5.44. The van der Waals surface area contributed by atoms with E-state index in [2.05, 4.69) is 36.0 Å². The van der Waals surface area contributed by atoms with E-state index >= 15 is 0 Å². The molecule has 2 fully saturated rings. The van der Waals surface area contributed by atoms with Gasteiger partial charge in [0.2, 0.25) is 25.9 Å². The number of aromatic amines is 1. The van der Waals surface area contributed by atoms with Crippen molar-refractivity contribution >= 4 is 31.7 Å². The van der Waals surface area contributed by atoms with Crippen LogP contribution in [0.3, 0.4) is 0 Å². The largest absolute Gasteiger partial charge is 0.468 e. The molecule has 192 valence electrons. The molecule has 2 aliphatic heterocycles. The fraction of sp³-hybridized carbons (Fsp3) is 0.556. The molecule has 0 saturated carbocycles. The number of anilines is 1. The fourth-order valence-electron chi connectivity index (χ4n) is 4.29. The lowest BCUT2D eigenvalue weighted by Gasteiger charge is -2.26. The molecule has 2 aliphatic rings. The number of rotatable bonds is 7. The van der Waals surface area contributed by atoms with Gasteiger partial charge in [-0.15, -0.1) is 10.2 Å². The van der Waals surface area contributed by atoms with E-state index in [1.807, 2.05) is 0 Å². The lowest BCUT2D eigenvalue weighted by molar-refractivity contribution is -0.143. The third-order valence-electron chi connectivity index (χ3n) is 5.91. The monoisotopic (exact) mass is 529 g/mol. The van der Waals surface area contributed by atoms with Crippen LogP contribution in [-0.4, -0.2) is 95.3 Å². The first kappa shape index (κ1) is 25.4. The molecule has 0 aliphatic carbocycles. The highest BCUT2D eigenvalue weighted by atomic mass is 32.2. The normalized spacial score (nSPS) is 21.6. The molecule has 4 rings (SSSR count). The van der Waals surface area contributed by atoms with Crippen LogP contribution in [0.15, 0.2) is 21.9 Å². The topological polar surface area (TPSA) is 214 Å². The summed E-state index contributed by atoms with van der Waals surface area (Å²) in [4.78, 5) is 12.7. The Morgan fingerprint density at radius 2 is 2.00 bits per heavy atom. The molecule has 1 aromatic heterocycles. The summed E-state index contributed by atoms with van der Waals surface area (Å²) in [5.74, 6) is -0.547. The first-order valence-electron chi connectivity index (χ1n) is 10.8. The molecule has 35 heavy (non-hydrogen) atoms. The highest BCUT2D eigenvalue weighted by Crippen LogP contribution is 2.38. The number of carbonyl (C=O) groups is 1. The number of esters is 1. The zero-order valence-electron chi connectivity index (χ0n) is 18.9. The SMILES string of the molecule is COC(=O)C1CCN(c2ccc(S(=O)(=O)N[C@@H]3CCNC3)c(S(N)(=O)=O)c2-c2nn[nH]n2)CCN1. The molecule has 0 amide bonds. The van der Waals surface area contributed by atoms with Crippen molar-refractivity contribution in [3.8, 4) is 11.4 Å². The van der Waals surface area contributed by atoms with Crippen molar-refractivity contribution < 1.29 is 26.4 Å². The van der Waals surface area contributed by atoms with Crippen LogP contribution in [0.2, 0.25) is 0 Å². The van der Waals surface area contributed by atoms with Crippen LogP contribution in [-0.2, 0) is 29.6 Å². The van der Waals surface area contributed by atoms with Crippen LogP contribution < -0.4 is 25.4 Å².